The highest BCUT2D eigenvalue weighted by Crippen LogP contribution is 2.24. The lowest BCUT2D eigenvalue weighted by Gasteiger charge is -2.15. The van der Waals surface area contributed by atoms with Crippen molar-refractivity contribution in [3.63, 3.8) is 0 Å². The Morgan fingerprint density at radius 2 is 1.95 bits per heavy atom. The first-order valence-corrected chi connectivity index (χ1v) is 8.41. The molecule has 0 spiro atoms. The van der Waals surface area contributed by atoms with E-state index in [0.717, 1.165) is 24.8 Å². The van der Waals surface area contributed by atoms with Crippen LogP contribution in [-0.4, -0.2) is 31.9 Å². The number of hydrogen-bond acceptors (Lipinski definition) is 3. The van der Waals surface area contributed by atoms with Gasteiger partial charge < -0.3 is 5.11 Å². The summed E-state index contributed by atoms with van der Waals surface area (Å²) in [6.45, 7) is 0.359. The molecule has 1 fully saturated rings. The molecule has 5 heteroatoms. The lowest BCUT2D eigenvalue weighted by atomic mass is 10.1. The number of aliphatic hydroxyl groups excluding tert-OH is 1. The fraction of sp³-hybridized carbons (Fsp3) is 0.571. The number of sulfonamides is 1. The molecule has 1 aromatic rings. The Kier molecular flexibility index (Phi) is 4.96. The predicted octanol–water partition coefficient (Wildman–Crippen LogP) is 1.31. The normalized spacial score (nSPS) is 23.6. The molecule has 0 bridgehead atoms. The third-order valence-corrected chi connectivity index (χ3v) is 5.03. The van der Waals surface area contributed by atoms with Gasteiger partial charge in [0.2, 0.25) is 10.0 Å². The van der Waals surface area contributed by atoms with Crippen LogP contribution in [-0.2, 0) is 16.4 Å². The summed E-state index contributed by atoms with van der Waals surface area (Å²) in [5.41, 5.74) is 1.02. The molecule has 1 saturated carbocycles. The minimum absolute atomic E-state index is 0.0755. The van der Waals surface area contributed by atoms with Crippen molar-refractivity contribution < 1.29 is 13.5 Å². The van der Waals surface area contributed by atoms with E-state index in [9.17, 15) is 13.5 Å². The molecule has 2 N–H and O–H groups in total. The molecule has 0 radical (unpaired) electrons. The highest BCUT2D eigenvalue weighted by molar-refractivity contribution is 7.89. The Bertz CT molecular complexity index is 487. The quantitative estimate of drug-likeness (QED) is 0.827. The highest BCUT2D eigenvalue weighted by Gasteiger charge is 2.26. The molecule has 2 unspecified atom stereocenters. The number of hydrogen-bond donors (Lipinski definition) is 2. The van der Waals surface area contributed by atoms with Crippen molar-refractivity contribution in [2.45, 2.75) is 31.8 Å². The summed E-state index contributed by atoms with van der Waals surface area (Å²) in [4.78, 5) is 0. The molecule has 2 rings (SSSR count). The van der Waals surface area contributed by atoms with Gasteiger partial charge >= 0.3 is 0 Å². The van der Waals surface area contributed by atoms with Gasteiger partial charge in [-0.05, 0) is 30.7 Å². The minimum atomic E-state index is -3.25. The van der Waals surface area contributed by atoms with Crippen molar-refractivity contribution in [1.82, 2.24) is 4.72 Å². The van der Waals surface area contributed by atoms with Gasteiger partial charge in [-0.25, -0.2) is 13.1 Å². The van der Waals surface area contributed by atoms with Crippen LogP contribution in [0.15, 0.2) is 30.3 Å². The maximum absolute atomic E-state index is 11.9. The Balaban J connectivity index is 1.79. The van der Waals surface area contributed by atoms with E-state index in [1.807, 2.05) is 30.3 Å². The average Bonchev–Trinajstić information content (AvgIpc) is 2.81. The predicted molar refractivity (Wildman–Crippen MR) is 75.3 cm³/mol. The second kappa shape index (κ2) is 6.50. The molecule has 1 aliphatic carbocycles. The summed E-state index contributed by atoms with van der Waals surface area (Å²) >= 11 is 0. The maximum Gasteiger partial charge on any atom is 0.211 e. The van der Waals surface area contributed by atoms with E-state index in [0.29, 0.717) is 13.0 Å². The Labute approximate surface area is 114 Å². The van der Waals surface area contributed by atoms with Crippen molar-refractivity contribution in [2.24, 2.45) is 5.92 Å². The smallest absolute Gasteiger partial charge is 0.211 e. The van der Waals surface area contributed by atoms with Crippen LogP contribution in [0, 0.1) is 5.92 Å². The van der Waals surface area contributed by atoms with Crippen LogP contribution in [0.4, 0.5) is 0 Å². The van der Waals surface area contributed by atoms with E-state index in [2.05, 4.69) is 4.72 Å². The van der Waals surface area contributed by atoms with Gasteiger partial charge in [-0.3, -0.25) is 0 Å². The van der Waals surface area contributed by atoms with E-state index in [1.54, 1.807) is 0 Å². The fourth-order valence-electron chi connectivity index (χ4n) is 2.46. The molecule has 0 heterocycles. The molecule has 0 aromatic heterocycles. The van der Waals surface area contributed by atoms with Crippen LogP contribution in [0.25, 0.3) is 0 Å². The van der Waals surface area contributed by atoms with Crippen molar-refractivity contribution in [3.8, 4) is 0 Å². The first-order valence-electron chi connectivity index (χ1n) is 6.76. The summed E-state index contributed by atoms with van der Waals surface area (Å²) < 4.78 is 26.4. The number of benzene rings is 1. The molecular formula is C14H21NO3S. The topological polar surface area (TPSA) is 66.4 Å². The van der Waals surface area contributed by atoms with Gasteiger partial charge in [0.1, 0.15) is 0 Å². The highest BCUT2D eigenvalue weighted by atomic mass is 32.2. The zero-order chi connectivity index (χ0) is 13.7. The minimum Gasteiger partial charge on any atom is -0.393 e. The number of aryl methyl sites for hydroxylation is 1. The summed E-state index contributed by atoms with van der Waals surface area (Å²) in [7, 11) is -3.25. The van der Waals surface area contributed by atoms with Crippen molar-refractivity contribution in [1.29, 1.82) is 0 Å². The van der Waals surface area contributed by atoms with Crippen LogP contribution in [0.3, 0.4) is 0 Å². The van der Waals surface area contributed by atoms with Crippen LogP contribution >= 0.6 is 0 Å². The summed E-state index contributed by atoms with van der Waals surface area (Å²) in [6.07, 6.45) is 2.84. The third kappa shape index (κ3) is 4.60. The number of rotatable bonds is 6. The first-order chi connectivity index (χ1) is 9.07. The second-order valence-corrected chi connectivity index (χ2v) is 7.09. The van der Waals surface area contributed by atoms with Gasteiger partial charge in [-0.2, -0.15) is 0 Å². The van der Waals surface area contributed by atoms with E-state index in [4.69, 9.17) is 0 Å². The van der Waals surface area contributed by atoms with Crippen LogP contribution in [0.1, 0.15) is 24.8 Å². The number of nitrogens with one attached hydrogen (secondary N) is 1. The molecule has 1 aliphatic rings. The van der Waals surface area contributed by atoms with Crippen LogP contribution < -0.4 is 4.72 Å². The second-order valence-electron chi connectivity index (χ2n) is 5.16. The van der Waals surface area contributed by atoms with E-state index < -0.39 is 10.0 Å². The monoisotopic (exact) mass is 283 g/mol. The van der Waals surface area contributed by atoms with Crippen molar-refractivity contribution in [2.75, 3.05) is 12.3 Å². The van der Waals surface area contributed by atoms with E-state index in [1.165, 1.54) is 0 Å². The van der Waals surface area contributed by atoms with E-state index in [-0.39, 0.29) is 17.8 Å². The van der Waals surface area contributed by atoms with Crippen molar-refractivity contribution >= 4 is 10.0 Å². The molecule has 106 valence electrons. The van der Waals surface area contributed by atoms with Gasteiger partial charge in [-0.1, -0.05) is 36.8 Å². The maximum atomic E-state index is 11.9. The third-order valence-electron chi connectivity index (χ3n) is 3.69. The number of aliphatic hydroxyl groups is 1. The average molecular weight is 283 g/mol. The lowest BCUT2D eigenvalue weighted by Crippen LogP contribution is -2.34. The van der Waals surface area contributed by atoms with Gasteiger partial charge in [-0.15, -0.1) is 0 Å². The van der Waals surface area contributed by atoms with Crippen LogP contribution in [0.2, 0.25) is 0 Å². The summed E-state index contributed by atoms with van der Waals surface area (Å²) in [5, 5.41) is 9.66. The van der Waals surface area contributed by atoms with Crippen molar-refractivity contribution in [3.05, 3.63) is 35.9 Å². The largest absolute Gasteiger partial charge is 0.393 e. The van der Waals surface area contributed by atoms with E-state index >= 15 is 0 Å². The molecule has 4 nitrogen and oxygen atoms in total. The Morgan fingerprint density at radius 1 is 1.21 bits per heavy atom. The zero-order valence-corrected chi connectivity index (χ0v) is 11.8. The first kappa shape index (κ1) is 14.5. The Hall–Kier alpha value is -0.910. The molecule has 0 saturated heterocycles. The zero-order valence-electron chi connectivity index (χ0n) is 11.0. The molecule has 0 amide bonds. The molecular weight excluding hydrogens is 262 g/mol. The van der Waals surface area contributed by atoms with Crippen LogP contribution in [0.5, 0.6) is 0 Å². The summed E-state index contributed by atoms with van der Waals surface area (Å²) in [6, 6.07) is 9.58. The lowest BCUT2D eigenvalue weighted by molar-refractivity contribution is 0.134. The molecule has 19 heavy (non-hydrogen) atoms. The molecule has 2 atom stereocenters. The Morgan fingerprint density at radius 3 is 2.58 bits per heavy atom. The van der Waals surface area contributed by atoms with Gasteiger partial charge in [0.15, 0.2) is 0 Å². The van der Waals surface area contributed by atoms with Gasteiger partial charge in [0.25, 0.3) is 0 Å². The SMILES string of the molecule is O=S(=O)(CCc1ccccc1)NCC1CCCC1O. The van der Waals surface area contributed by atoms with Gasteiger partial charge in [0, 0.05) is 6.54 Å². The summed E-state index contributed by atoms with van der Waals surface area (Å²) in [5.74, 6) is 0.173. The van der Waals surface area contributed by atoms with Gasteiger partial charge in [0.05, 0.1) is 11.9 Å². The molecule has 1 aromatic carbocycles. The standard InChI is InChI=1S/C14H21NO3S/c16-14-8-4-7-13(14)11-15-19(17,18)10-9-12-5-2-1-3-6-12/h1-3,5-6,13-16H,4,7-11H2. The fourth-order valence-corrected chi connectivity index (χ4v) is 3.58. The molecule has 0 aliphatic heterocycles.